The number of rotatable bonds is 5. The Kier molecular flexibility index (Phi) is 4.43. The highest BCUT2D eigenvalue weighted by atomic mass is 35.5. The van der Waals surface area contributed by atoms with Crippen molar-refractivity contribution in [3.63, 3.8) is 0 Å². The number of carbonyl (C=O) groups is 1. The number of aliphatic hydroxyl groups is 1. The van der Waals surface area contributed by atoms with Gasteiger partial charge < -0.3 is 20.3 Å². The summed E-state index contributed by atoms with van der Waals surface area (Å²) >= 11 is 5.95. The van der Waals surface area contributed by atoms with Gasteiger partial charge in [-0.2, -0.15) is 0 Å². The molecule has 0 fully saturated rings. The SMILES string of the molecule is COc1cc(Cl)c(C)cc1NCC(C)(O)C(=O)O. The van der Waals surface area contributed by atoms with Crippen LogP contribution in [-0.2, 0) is 4.79 Å². The predicted octanol–water partition coefficient (Wildman–Crippen LogP) is 1.90. The summed E-state index contributed by atoms with van der Waals surface area (Å²) in [4.78, 5) is 10.8. The third-order valence-electron chi connectivity index (χ3n) is 2.56. The van der Waals surface area contributed by atoms with Crippen LogP contribution in [0.4, 0.5) is 5.69 Å². The first-order valence-electron chi connectivity index (χ1n) is 5.31. The summed E-state index contributed by atoms with van der Waals surface area (Å²) in [5.41, 5.74) is -0.436. The number of nitrogens with one attached hydrogen (secondary N) is 1. The highest BCUT2D eigenvalue weighted by molar-refractivity contribution is 6.31. The van der Waals surface area contributed by atoms with Gasteiger partial charge in [0.2, 0.25) is 0 Å². The normalized spacial score (nSPS) is 13.8. The fraction of sp³-hybridized carbons (Fsp3) is 0.417. The second kappa shape index (κ2) is 5.46. The number of halogens is 1. The number of benzene rings is 1. The number of aliphatic carboxylic acids is 1. The van der Waals surface area contributed by atoms with Gasteiger partial charge in [0, 0.05) is 11.1 Å². The van der Waals surface area contributed by atoms with Crippen LogP contribution in [0.25, 0.3) is 0 Å². The number of carboxylic acid groups (broad SMARTS) is 1. The van der Waals surface area contributed by atoms with E-state index in [1.165, 1.54) is 14.0 Å². The maximum atomic E-state index is 10.8. The number of hydrogen-bond acceptors (Lipinski definition) is 4. The molecule has 0 spiro atoms. The molecule has 0 aliphatic rings. The minimum absolute atomic E-state index is 0.139. The largest absolute Gasteiger partial charge is 0.495 e. The van der Waals surface area contributed by atoms with E-state index in [0.29, 0.717) is 16.5 Å². The van der Waals surface area contributed by atoms with Gasteiger partial charge in [0.25, 0.3) is 0 Å². The molecular formula is C12H16ClNO4. The average molecular weight is 274 g/mol. The molecule has 0 saturated carbocycles. The summed E-state index contributed by atoms with van der Waals surface area (Å²) in [6.07, 6.45) is 0. The fourth-order valence-corrected chi connectivity index (χ4v) is 1.47. The lowest BCUT2D eigenvalue weighted by molar-refractivity contribution is -0.155. The van der Waals surface area contributed by atoms with Crippen LogP contribution in [0.5, 0.6) is 5.75 Å². The minimum Gasteiger partial charge on any atom is -0.495 e. The molecule has 0 bridgehead atoms. The van der Waals surface area contributed by atoms with Crippen molar-refractivity contribution in [1.29, 1.82) is 0 Å². The molecule has 18 heavy (non-hydrogen) atoms. The van der Waals surface area contributed by atoms with Gasteiger partial charge in [0.15, 0.2) is 5.60 Å². The van der Waals surface area contributed by atoms with Gasteiger partial charge in [0.1, 0.15) is 5.75 Å². The lowest BCUT2D eigenvalue weighted by Crippen LogP contribution is -2.41. The van der Waals surface area contributed by atoms with E-state index in [-0.39, 0.29) is 6.54 Å². The summed E-state index contributed by atoms with van der Waals surface area (Å²) in [6.45, 7) is 2.90. The van der Waals surface area contributed by atoms with Crippen LogP contribution < -0.4 is 10.1 Å². The number of carboxylic acids is 1. The van der Waals surface area contributed by atoms with Gasteiger partial charge in [-0.15, -0.1) is 0 Å². The van der Waals surface area contributed by atoms with Crippen LogP contribution >= 0.6 is 11.6 Å². The van der Waals surface area contributed by atoms with E-state index in [0.717, 1.165) is 5.56 Å². The number of hydrogen-bond donors (Lipinski definition) is 3. The van der Waals surface area contributed by atoms with Crippen molar-refractivity contribution in [3.05, 3.63) is 22.7 Å². The smallest absolute Gasteiger partial charge is 0.337 e. The summed E-state index contributed by atoms with van der Waals surface area (Å²) in [5, 5.41) is 21.8. The van der Waals surface area contributed by atoms with E-state index in [9.17, 15) is 9.90 Å². The van der Waals surface area contributed by atoms with Crippen LogP contribution in [0, 0.1) is 6.92 Å². The van der Waals surface area contributed by atoms with Crippen molar-refractivity contribution in [3.8, 4) is 5.75 Å². The maximum absolute atomic E-state index is 10.8. The first kappa shape index (κ1) is 14.6. The molecule has 3 N–H and O–H groups in total. The second-order valence-electron chi connectivity index (χ2n) is 4.23. The van der Waals surface area contributed by atoms with Crippen molar-refractivity contribution >= 4 is 23.3 Å². The molecule has 0 aliphatic heterocycles. The molecule has 0 aliphatic carbocycles. The molecule has 1 atom stereocenters. The van der Waals surface area contributed by atoms with E-state index in [1.807, 2.05) is 6.92 Å². The van der Waals surface area contributed by atoms with Crippen molar-refractivity contribution in [1.82, 2.24) is 0 Å². The third-order valence-corrected chi connectivity index (χ3v) is 2.97. The first-order chi connectivity index (χ1) is 8.27. The molecule has 0 aromatic heterocycles. The summed E-state index contributed by atoms with van der Waals surface area (Å²) in [5.74, 6) is -0.800. The zero-order valence-electron chi connectivity index (χ0n) is 10.5. The topological polar surface area (TPSA) is 78.8 Å². The zero-order chi connectivity index (χ0) is 13.9. The van der Waals surface area contributed by atoms with Gasteiger partial charge in [-0.25, -0.2) is 4.79 Å². The second-order valence-corrected chi connectivity index (χ2v) is 4.64. The quantitative estimate of drug-likeness (QED) is 0.764. The number of anilines is 1. The van der Waals surface area contributed by atoms with Crippen LogP contribution in [0.3, 0.4) is 0 Å². The standard InChI is InChI=1S/C12H16ClNO4/c1-7-4-9(10(18-3)5-8(7)13)14-6-12(2,17)11(15)16/h4-5,14,17H,6H2,1-3H3,(H,15,16). The van der Waals surface area contributed by atoms with Crippen molar-refractivity contribution in [2.24, 2.45) is 0 Å². The Hall–Kier alpha value is -1.46. The molecule has 6 heteroatoms. The van der Waals surface area contributed by atoms with Gasteiger partial charge >= 0.3 is 5.97 Å². The molecule has 1 unspecified atom stereocenters. The number of aryl methyl sites for hydroxylation is 1. The van der Waals surface area contributed by atoms with Crippen LogP contribution in [0.2, 0.25) is 5.02 Å². The molecule has 0 amide bonds. The van der Waals surface area contributed by atoms with E-state index in [1.54, 1.807) is 12.1 Å². The van der Waals surface area contributed by atoms with Crippen molar-refractivity contribution < 1.29 is 19.7 Å². The molecule has 100 valence electrons. The molecule has 0 saturated heterocycles. The molecule has 0 radical (unpaired) electrons. The van der Waals surface area contributed by atoms with E-state index in [4.69, 9.17) is 21.4 Å². The Morgan fingerprint density at radius 2 is 2.17 bits per heavy atom. The molecule has 5 nitrogen and oxygen atoms in total. The number of ether oxygens (including phenoxy) is 1. The highest BCUT2D eigenvalue weighted by Crippen LogP contribution is 2.31. The Balaban J connectivity index is 2.91. The molecule has 1 aromatic rings. The average Bonchev–Trinajstić information content (AvgIpc) is 2.30. The summed E-state index contributed by atoms with van der Waals surface area (Å²) in [6, 6.07) is 3.37. The maximum Gasteiger partial charge on any atom is 0.337 e. The van der Waals surface area contributed by atoms with Crippen molar-refractivity contribution in [2.75, 3.05) is 19.0 Å². The van der Waals surface area contributed by atoms with Crippen molar-refractivity contribution in [2.45, 2.75) is 19.4 Å². The van der Waals surface area contributed by atoms with Crippen LogP contribution in [0.15, 0.2) is 12.1 Å². The Labute approximate surface area is 110 Å². The Morgan fingerprint density at radius 1 is 1.56 bits per heavy atom. The van der Waals surface area contributed by atoms with Gasteiger partial charge in [0.05, 0.1) is 19.3 Å². The molecule has 1 aromatic carbocycles. The lowest BCUT2D eigenvalue weighted by Gasteiger charge is -2.20. The Bertz CT molecular complexity index is 460. The lowest BCUT2D eigenvalue weighted by atomic mass is 10.1. The van der Waals surface area contributed by atoms with Crippen LogP contribution in [0.1, 0.15) is 12.5 Å². The van der Waals surface area contributed by atoms with E-state index < -0.39 is 11.6 Å². The monoisotopic (exact) mass is 273 g/mol. The first-order valence-corrected chi connectivity index (χ1v) is 5.69. The highest BCUT2D eigenvalue weighted by Gasteiger charge is 2.29. The van der Waals surface area contributed by atoms with E-state index >= 15 is 0 Å². The van der Waals surface area contributed by atoms with Crippen LogP contribution in [-0.4, -0.2) is 35.4 Å². The zero-order valence-corrected chi connectivity index (χ0v) is 11.2. The van der Waals surface area contributed by atoms with E-state index in [2.05, 4.69) is 5.32 Å². The van der Waals surface area contributed by atoms with Gasteiger partial charge in [-0.05, 0) is 25.5 Å². The van der Waals surface area contributed by atoms with Gasteiger partial charge in [-0.1, -0.05) is 11.6 Å². The predicted molar refractivity (Wildman–Crippen MR) is 69.5 cm³/mol. The third kappa shape index (κ3) is 3.27. The van der Waals surface area contributed by atoms with Gasteiger partial charge in [-0.3, -0.25) is 0 Å². The fourth-order valence-electron chi connectivity index (χ4n) is 1.31. The number of methoxy groups -OCH3 is 1. The molecule has 1 rings (SSSR count). The molecular weight excluding hydrogens is 258 g/mol. The summed E-state index contributed by atoms with van der Waals surface area (Å²) < 4.78 is 5.13. The Morgan fingerprint density at radius 3 is 2.67 bits per heavy atom. The minimum atomic E-state index is -1.85. The summed E-state index contributed by atoms with van der Waals surface area (Å²) in [7, 11) is 1.49. The molecule has 0 heterocycles.